The van der Waals surface area contributed by atoms with Crippen molar-refractivity contribution in [3.05, 3.63) is 35.3 Å². The molecule has 0 radical (unpaired) electrons. The summed E-state index contributed by atoms with van der Waals surface area (Å²) in [4.78, 5) is 1.79. The Bertz CT molecular complexity index is 438. The maximum atomic E-state index is 9.21. The van der Waals surface area contributed by atoms with E-state index in [1.54, 1.807) is 11.1 Å². The maximum absolute atomic E-state index is 9.21. The molecule has 0 aromatic carbocycles. The molecule has 16 heavy (non-hydrogen) atoms. The molecule has 0 atom stereocenters. The summed E-state index contributed by atoms with van der Waals surface area (Å²) in [6.45, 7) is 11.3. The smallest absolute Gasteiger partial charge is 0.0975 e. The Morgan fingerprint density at radius 2 is 1.50 bits per heavy atom. The average molecular weight is 213 g/mol. The molecule has 1 rings (SSSR count). The van der Waals surface area contributed by atoms with Crippen molar-refractivity contribution in [1.82, 2.24) is 4.90 Å². The third-order valence-corrected chi connectivity index (χ3v) is 3.10. The molecule has 1 aliphatic rings. The van der Waals surface area contributed by atoms with Gasteiger partial charge in [-0.2, -0.15) is 10.5 Å². The Morgan fingerprint density at radius 1 is 1.12 bits per heavy atom. The highest BCUT2D eigenvalue weighted by molar-refractivity contribution is 5.51. The summed E-state index contributed by atoms with van der Waals surface area (Å²) in [7, 11) is 0. The van der Waals surface area contributed by atoms with Crippen molar-refractivity contribution < 1.29 is 0 Å². The van der Waals surface area contributed by atoms with E-state index in [1.165, 1.54) is 0 Å². The molecule has 0 bridgehead atoms. The summed E-state index contributed by atoms with van der Waals surface area (Å²) in [6, 6.07) is 4.40. The topological polar surface area (TPSA) is 50.8 Å². The molecule has 0 N–H and O–H groups in total. The fourth-order valence-electron chi connectivity index (χ4n) is 2.24. The van der Waals surface area contributed by atoms with Crippen LogP contribution in [-0.4, -0.2) is 4.90 Å². The highest BCUT2D eigenvalue weighted by Gasteiger charge is 2.37. The minimum absolute atomic E-state index is 0.517. The Kier molecular flexibility index (Phi) is 2.92. The van der Waals surface area contributed by atoms with E-state index in [0.717, 1.165) is 11.4 Å². The first kappa shape index (κ1) is 12.1. The van der Waals surface area contributed by atoms with Crippen molar-refractivity contribution in [1.29, 1.82) is 10.5 Å². The third kappa shape index (κ3) is 1.42. The number of rotatable bonds is 1. The molecule has 0 saturated carbocycles. The van der Waals surface area contributed by atoms with E-state index < -0.39 is 5.41 Å². The van der Waals surface area contributed by atoms with Crippen LogP contribution in [0.1, 0.15) is 27.7 Å². The number of hydrogen-bond donors (Lipinski definition) is 0. The quantitative estimate of drug-likeness (QED) is 0.672. The molecule has 1 aliphatic heterocycles. The van der Waals surface area contributed by atoms with E-state index in [2.05, 4.69) is 18.7 Å². The first-order valence-electron chi connectivity index (χ1n) is 5.06. The molecule has 0 aliphatic carbocycles. The van der Waals surface area contributed by atoms with Gasteiger partial charge in [-0.1, -0.05) is 20.4 Å². The predicted octanol–water partition coefficient (Wildman–Crippen LogP) is 3.07. The average Bonchev–Trinajstić information content (AvgIpc) is 2.18. The molecule has 0 amide bonds. The second-order valence-corrected chi connectivity index (χ2v) is 4.32. The largest absolute Gasteiger partial charge is 0.324 e. The van der Waals surface area contributed by atoms with Crippen LogP contribution in [0.25, 0.3) is 0 Å². The van der Waals surface area contributed by atoms with E-state index in [1.807, 2.05) is 27.7 Å². The summed E-state index contributed by atoms with van der Waals surface area (Å²) < 4.78 is 0. The lowest BCUT2D eigenvalue weighted by Gasteiger charge is -2.37. The monoisotopic (exact) mass is 213 g/mol. The van der Waals surface area contributed by atoms with Crippen LogP contribution in [-0.2, 0) is 0 Å². The highest BCUT2D eigenvalue weighted by atomic mass is 15.1. The molecule has 0 fully saturated rings. The van der Waals surface area contributed by atoms with Gasteiger partial charge in [0, 0.05) is 23.0 Å². The minimum atomic E-state index is -0.517. The van der Waals surface area contributed by atoms with Crippen LogP contribution in [0.3, 0.4) is 0 Å². The van der Waals surface area contributed by atoms with Crippen LogP contribution in [0.2, 0.25) is 0 Å². The number of nitriles is 2. The first-order valence-corrected chi connectivity index (χ1v) is 5.06. The molecule has 1 heterocycles. The summed E-state index contributed by atoms with van der Waals surface area (Å²) in [5.41, 5.74) is 2.42. The Labute approximate surface area is 96.6 Å². The number of nitrogens with zero attached hydrogens (tertiary/aromatic N) is 3. The molecule has 0 aromatic rings. The van der Waals surface area contributed by atoms with E-state index >= 15 is 0 Å². The zero-order valence-electron chi connectivity index (χ0n) is 10.1. The molecule has 0 unspecified atom stereocenters. The molecular weight excluding hydrogens is 198 g/mol. The Hall–Kier alpha value is -2.00. The van der Waals surface area contributed by atoms with Crippen molar-refractivity contribution >= 4 is 0 Å². The van der Waals surface area contributed by atoms with E-state index in [4.69, 9.17) is 0 Å². The summed E-state index contributed by atoms with van der Waals surface area (Å²) in [5, 5.41) is 18.4. The van der Waals surface area contributed by atoms with Crippen LogP contribution in [0, 0.1) is 28.1 Å². The van der Waals surface area contributed by atoms with E-state index in [0.29, 0.717) is 11.1 Å². The highest BCUT2D eigenvalue weighted by Crippen LogP contribution is 2.43. The van der Waals surface area contributed by atoms with Crippen molar-refractivity contribution in [3.63, 3.8) is 0 Å². The van der Waals surface area contributed by atoms with Crippen molar-refractivity contribution in [2.24, 2.45) is 5.41 Å². The van der Waals surface area contributed by atoms with Gasteiger partial charge >= 0.3 is 0 Å². The van der Waals surface area contributed by atoms with Crippen LogP contribution >= 0.6 is 0 Å². The zero-order valence-corrected chi connectivity index (χ0v) is 10.1. The fraction of sp³-hybridized carbons (Fsp3) is 0.385. The SMILES string of the molecule is C=CN1C(C)=C(C#N)C(C)(C)C(C#N)=C1C. The van der Waals surface area contributed by atoms with Crippen molar-refractivity contribution in [2.45, 2.75) is 27.7 Å². The maximum Gasteiger partial charge on any atom is 0.0975 e. The van der Waals surface area contributed by atoms with Gasteiger partial charge < -0.3 is 4.90 Å². The van der Waals surface area contributed by atoms with Gasteiger partial charge in [0.25, 0.3) is 0 Å². The molecule has 0 saturated heterocycles. The Morgan fingerprint density at radius 3 is 1.75 bits per heavy atom. The van der Waals surface area contributed by atoms with Crippen LogP contribution in [0.5, 0.6) is 0 Å². The summed E-state index contributed by atoms with van der Waals surface area (Å²) in [5.74, 6) is 0. The lowest BCUT2D eigenvalue weighted by Crippen LogP contribution is -2.31. The zero-order chi connectivity index (χ0) is 12.5. The van der Waals surface area contributed by atoms with Crippen molar-refractivity contribution in [2.75, 3.05) is 0 Å². The molecule has 3 heteroatoms. The second-order valence-electron chi connectivity index (χ2n) is 4.32. The van der Waals surface area contributed by atoms with Crippen LogP contribution < -0.4 is 0 Å². The summed E-state index contributed by atoms with van der Waals surface area (Å²) >= 11 is 0. The Balaban J connectivity index is 3.58. The molecule has 82 valence electrons. The van der Waals surface area contributed by atoms with Crippen molar-refractivity contribution in [3.8, 4) is 12.1 Å². The van der Waals surface area contributed by atoms with Gasteiger partial charge in [-0.05, 0) is 13.8 Å². The van der Waals surface area contributed by atoms with Gasteiger partial charge in [-0.15, -0.1) is 0 Å². The predicted molar refractivity (Wildman–Crippen MR) is 62.4 cm³/mol. The first-order chi connectivity index (χ1) is 7.41. The van der Waals surface area contributed by atoms with Gasteiger partial charge in [-0.25, -0.2) is 0 Å². The van der Waals surface area contributed by atoms with Gasteiger partial charge in [0.1, 0.15) is 0 Å². The van der Waals surface area contributed by atoms with Crippen LogP contribution in [0.4, 0.5) is 0 Å². The second kappa shape index (κ2) is 3.87. The van der Waals surface area contributed by atoms with Gasteiger partial charge in [0.05, 0.1) is 23.3 Å². The fourth-order valence-corrected chi connectivity index (χ4v) is 2.24. The van der Waals surface area contributed by atoms with Gasteiger partial charge in [0.15, 0.2) is 0 Å². The van der Waals surface area contributed by atoms with E-state index in [9.17, 15) is 10.5 Å². The standard InChI is InChI=1S/C13H15N3/c1-6-16-9(2)11(7-14)13(4,5)12(8-15)10(16)3/h6H,1H2,2-5H3. The third-order valence-electron chi connectivity index (χ3n) is 3.10. The van der Waals surface area contributed by atoms with Crippen LogP contribution in [0.15, 0.2) is 35.3 Å². The lowest BCUT2D eigenvalue weighted by molar-refractivity contribution is 0.453. The molecule has 3 nitrogen and oxygen atoms in total. The number of allylic oxidation sites excluding steroid dienone is 4. The minimum Gasteiger partial charge on any atom is -0.324 e. The lowest BCUT2D eigenvalue weighted by atomic mass is 9.74. The molecular formula is C13H15N3. The molecule has 0 spiro atoms. The summed E-state index contributed by atoms with van der Waals surface area (Å²) in [6.07, 6.45) is 1.63. The van der Waals surface area contributed by atoms with E-state index in [-0.39, 0.29) is 0 Å². The molecule has 0 aromatic heterocycles. The number of hydrogen-bond acceptors (Lipinski definition) is 3. The van der Waals surface area contributed by atoms with Gasteiger partial charge in [0.2, 0.25) is 0 Å². The normalized spacial score (nSPS) is 19.2. The van der Waals surface area contributed by atoms with Gasteiger partial charge in [-0.3, -0.25) is 0 Å².